The molecule has 7 heteroatoms. The smallest absolute Gasteiger partial charge is 0.375 e. The molecule has 0 bridgehead atoms. The zero-order valence-electron chi connectivity index (χ0n) is 14.0. The van der Waals surface area contributed by atoms with Crippen molar-refractivity contribution in [2.45, 2.75) is 20.0 Å². The SMILES string of the molecule is Cc1c(C(=O)O[C@@H](C)C(=O)Nc2c(F)cccc2F)oc2ccccc12. The number of nitrogens with one attached hydrogen (secondary N) is 1. The number of furan rings is 1. The highest BCUT2D eigenvalue weighted by atomic mass is 19.1. The Morgan fingerprint density at radius 2 is 1.73 bits per heavy atom. The Morgan fingerprint density at radius 3 is 2.38 bits per heavy atom. The van der Waals surface area contributed by atoms with Crippen LogP contribution in [0.1, 0.15) is 23.0 Å². The number of halogens is 2. The fourth-order valence-electron chi connectivity index (χ4n) is 2.48. The van der Waals surface area contributed by atoms with Crippen LogP contribution in [0.3, 0.4) is 0 Å². The number of hydrogen-bond donors (Lipinski definition) is 1. The number of rotatable bonds is 4. The molecule has 3 aromatic rings. The van der Waals surface area contributed by atoms with Crippen molar-refractivity contribution >= 4 is 28.5 Å². The Hall–Kier alpha value is -3.22. The van der Waals surface area contributed by atoms with Crippen molar-refractivity contribution in [3.63, 3.8) is 0 Å². The van der Waals surface area contributed by atoms with Crippen LogP contribution >= 0.6 is 0 Å². The predicted molar refractivity (Wildman–Crippen MR) is 90.8 cm³/mol. The van der Waals surface area contributed by atoms with Crippen LogP contribution in [-0.2, 0) is 9.53 Å². The van der Waals surface area contributed by atoms with Crippen LogP contribution in [-0.4, -0.2) is 18.0 Å². The summed E-state index contributed by atoms with van der Waals surface area (Å²) in [5.74, 6) is -3.58. The fourth-order valence-corrected chi connectivity index (χ4v) is 2.48. The van der Waals surface area contributed by atoms with Crippen LogP contribution in [0.5, 0.6) is 0 Å². The molecule has 0 aliphatic carbocycles. The summed E-state index contributed by atoms with van der Waals surface area (Å²) in [6.45, 7) is 2.99. The van der Waals surface area contributed by atoms with Crippen LogP contribution in [0.4, 0.5) is 14.5 Å². The summed E-state index contributed by atoms with van der Waals surface area (Å²) in [5, 5.41) is 2.83. The summed E-state index contributed by atoms with van der Waals surface area (Å²) in [7, 11) is 0. The van der Waals surface area contributed by atoms with Gasteiger partial charge in [0, 0.05) is 10.9 Å². The maximum atomic E-state index is 13.6. The van der Waals surface area contributed by atoms with E-state index in [4.69, 9.17) is 9.15 Å². The number of ether oxygens (including phenoxy) is 1. The van der Waals surface area contributed by atoms with Crippen molar-refractivity contribution in [1.82, 2.24) is 0 Å². The van der Waals surface area contributed by atoms with E-state index in [9.17, 15) is 18.4 Å². The minimum atomic E-state index is -1.28. The van der Waals surface area contributed by atoms with Gasteiger partial charge in [0.2, 0.25) is 5.76 Å². The van der Waals surface area contributed by atoms with E-state index in [1.165, 1.54) is 13.0 Å². The number of fused-ring (bicyclic) bond motifs is 1. The quantitative estimate of drug-likeness (QED) is 0.709. The molecule has 1 heterocycles. The minimum absolute atomic E-state index is 0.0251. The molecule has 1 N–H and O–H groups in total. The van der Waals surface area contributed by atoms with Crippen LogP contribution in [0.25, 0.3) is 11.0 Å². The van der Waals surface area contributed by atoms with Gasteiger partial charge in [0.05, 0.1) is 0 Å². The van der Waals surface area contributed by atoms with E-state index in [-0.39, 0.29) is 5.76 Å². The largest absolute Gasteiger partial charge is 0.449 e. The lowest BCUT2D eigenvalue weighted by molar-refractivity contribution is -0.123. The molecule has 1 atom stereocenters. The first-order chi connectivity index (χ1) is 12.4. The molecule has 5 nitrogen and oxygen atoms in total. The zero-order chi connectivity index (χ0) is 18.8. The lowest BCUT2D eigenvalue weighted by atomic mass is 10.1. The van der Waals surface area contributed by atoms with Gasteiger partial charge in [-0.3, -0.25) is 4.79 Å². The molecular weight excluding hydrogens is 344 g/mol. The van der Waals surface area contributed by atoms with Crippen molar-refractivity contribution in [2.24, 2.45) is 0 Å². The van der Waals surface area contributed by atoms with Gasteiger partial charge in [0.15, 0.2) is 6.10 Å². The normalized spacial score (nSPS) is 12.0. The van der Waals surface area contributed by atoms with Gasteiger partial charge in [0.1, 0.15) is 22.9 Å². The number of benzene rings is 2. The van der Waals surface area contributed by atoms with Gasteiger partial charge in [-0.1, -0.05) is 24.3 Å². The number of anilines is 1. The van der Waals surface area contributed by atoms with Crippen molar-refractivity contribution in [3.05, 3.63) is 65.4 Å². The van der Waals surface area contributed by atoms with E-state index in [1.807, 2.05) is 0 Å². The monoisotopic (exact) mass is 359 g/mol. The Morgan fingerprint density at radius 1 is 1.08 bits per heavy atom. The molecule has 0 fully saturated rings. The average Bonchev–Trinajstić information content (AvgIpc) is 2.95. The summed E-state index contributed by atoms with van der Waals surface area (Å²) in [6, 6.07) is 10.3. The maximum absolute atomic E-state index is 13.6. The van der Waals surface area contributed by atoms with E-state index in [1.54, 1.807) is 31.2 Å². The van der Waals surface area contributed by atoms with Gasteiger partial charge in [-0.15, -0.1) is 0 Å². The molecule has 134 valence electrons. The van der Waals surface area contributed by atoms with E-state index < -0.39 is 35.3 Å². The first-order valence-corrected chi connectivity index (χ1v) is 7.82. The average molecular weight is 359 g/mol. The number of carbonyl (C=O) groups excluding carboxylic acids is 2. The van der Waals surface area contributed by atoms with Crippen molar-refractivity contribution < 1.29 is 27.5 Å². The first kappa shape index (κ1) is 17.6. The van der Waals surface area contributed by atoms with Crippen molar-refractivity contribution in [1.29, 1.82) is 0 Å². The summed E-state index contributed by atoms with van der Waals surface area (Å²) >= 11 is 0. The second kappa shape index (κ2) is 6.95. The van der Waals surface area contributed by atoms with Crippen molar-refractivity contribution in [3.8, 4) is 0 Å². The minimum Gasteiger partial charge on any atom is -0.449 e. The molecule has 2 aromatic carbocycles. The lowest BCUT2D eigenvalue weighted by Crippen LogP contribution is -2.30. The van der Waals surface area contributed by atoms with E-state index >= 15 is 0 Å². The highest BCUT2D eigenvalue weighted by Crippen LogP contribution is 2.26. The van der Waals surface area contributed by atoms with Crippen LogP contribution in [0, 0.1) is 18.6 Å². The third kappa shape index (κ3) is 3.28. The number of aryl methyl sites for hydroxylation is 1. The topological polar surface area (TPSA) is 68.5 Å². The van der Waals surface area contributed by atoms with E-state index in [0.717, 1.165) is 17.5 Å². The van der Waals surface area contributed by atoms with Gasteiger partial charge in [-0.2, -0.15) is 0 Å². The Kier molecular flexibility index (Phi) is 4.71. The van der Waals surface area contributed by atoms with Gasteiger partial charge >= 0.3 is 5.97 Å². The highest BCUT2D eigenvalue weighted by molar-refractivity contribution is 5.99. The molecule has 0 spiro atoms. The number of para-hydroxylation sites is 2. The number of esters is 1. The molecule has 26 heavy (non-hydrogen) atoms. The third-order valence-electron chi connectivity index (χ3n) is 3.89. The summed E-state index contributed by atoms with van der Waals surface area (Å²) in [6.07, 6.45) is -1.28. The standard InChI is InChI=1S/C19H15F2NO4/c1-10-12-6-3-4-9-15(12)26-17(10)19(24)25-11(2)18(23)22-16-13(20)7-5-8-14(16)21/h3-9,11H,1-2H3,(H,22,23)/t11-/m0/s1. The molecule has 3 rings (SSSR count). The highest BCUT2D eigenvalue weighted by Gasteiger charge is 2.25. The summed E-state index contributed by atoms with van der Waals surface area (Å²) in [4.78, 5) is 24.4. The lowest BCUT2D eigenvalue weighted by Gasteiger charge is -2.13. The molecular formula is C19H15F2NO4. The van der Waals surface area contributed by atoms with Gasteiger partial charge in [-0.25, -0.2) is 13.6 Å². The molecule has 0 saturated carbocycles. The first-order valence-electron chi connectivity index (χ1n) is 7.82. The molecule has 1 aromatic heterocycles. The van der Waals surface area contributed by atoms with Crippen LogP contribution < -0.4 is 5.32 Å². The second-order valence-electron chi connectivity index (χ2n) is 5.69. The number of carbonyl (C=O) groups is 2. The number of hydrogen-bond acceptors (Lipinski definition) is 4. The van der Waals surface area contributed by atoms with E-state index in [0.29, 0.717) is 11.1 Å². The molecule has 1 amide bonds. The van der Waals surface area contributed by atoms with Gasteiger partial charge in [-0.05, 0) is 32.0 Å². The van der Waals surface area contributed by atoms with Crippen LogP contribution in [0.15, 0.2) is 46.9 Å². The molecule has 0 saturated heterocycles. The van der Waals surface area contributed by atoms with Gasteiger partial charge in [0.25, 0.3) is 5.91 Å². The van der Waals surface area contributed by atoms with Crippen LogP contribution in [0.2, 0.25) is 0 Å². The molecule has 0 aliphatic heterocycles. The van der Waals surface area contributed by atoms with Crippen molar-refractivity contribution in [2.75, 3.05) is 5.32 Å². The summed E-state index contributed by atoms with van der Waals surface area (Å²) < 4.78 is 37.7. The Labute approximate surface area is 147 Å². The second-order valence-corrected chi connectivity index (χ2v) is 5.69. The Balaban J connectivity index is 1.74. The molecule has 0 radical (unpaired) electrons. The Bertz CT molecular complexity index is 976. The van der Waals surface area contributed by atoms with E-state index in [2.05, 4.69) is 5.32 Å². The summed E-state index contributed by atoms with van der Waals surface area (Å²) in [5.41, 5.74) is 0.501. The maximum Gasteiger partial charge on any atom is 0.375 e. The zero-order valence-corrected chi connectivity index (χ0v) is 14.0. The number of amides is 1. The third-order valence-corrected chi connectivity index (χ3v) is 3.89. The van der Waals surface area contributed by atoms with Gasteiger partial charge < -0.3 is 14.5 Å². The fraction of sp³-hybridized carbons (Fsp3) is 0.158. The molecule has 0 aliphatic rings. The molecule has 0 unspecified atom stereocenters. The predicted octanol–water partition coefficient (Wildman–Crippen LogP) is 4.20.